The predicted octanol–water partition coefficient (Wildman–Crippen LogP) is 4.88. The molecule has 0 N–H and O–H groups in total. The number of hydrogen-bond acceptors (Lipinski definition) is 2. The van der Waals surface area contributed by atoms with Crippen LogP contribution in [0.2, 0.25) is 0 Å². The summed E-state index contributed by atoms with van der Waals surface area (Å²) in [6.07, 6.45) is 9.05. The van der Waals surface area contributed by atoms with E-state index in [1.165, 1.54) is 32.1 Å². The van der Waals surface area contributed by atoms with Crippen molar-refractivity contribution in [3.63, 3.8) is 0 Å². The summed E-state index contributed by atoms with van der Waals surface area (Å²) < 4.78 is 5.72. The second-order valence-corrected chi connectivity index (χ2v) is 7.60. The van der Waals surface area contributed by atoms with E-state index in [9.17, 15) is 4.79 Å². The Balaban J connectivity index is 2.11. The summed E-state index contributed by atoms with van der Waals surface area (Å²) in [6.45, 7) is 10.8. The minimum Gasteiger partial charge on any atom is -0.459 e. The average Bonchev–Trinajstić information content (AvgIpc) is 2.37. The number of fused-ring (bicyclic) bond motifs is 1. The molecular weight excluding hydrogens is 248 g/mol. The highest BCUT2D eigenvalue weighted by atomic mass is 16.6. The summed E-state index contributed by atoms with van der Waals surface area (Å²) in [7, 11) is 0. The molecule has 114 valence electrons. The van der Waals surface area contributed by atoms with E-state index in [1.807, 2.05) is 6.92 Å². The molecule has 20 heavy (non-hydrogen) atoms. The number of allylic oxidation sites excluding steroid dienone is 2. The van der Waals surface area contributed by atoms with Gasteiger partial charge in [0.05, 0.1) is 0 Å². The second kappa shape index (κ2) is 5.54. The molecule has 0 aliphatic heterocycles. The van der Waals surface area contributed by atoms with Crippen molar-refractivity contribution >= 4 is 5.97 Å². The van der Waals surface area contributed by atoms with E-state index in [-0.39, 0.29) is 11.6 Å². The number of rotatable bonds is 3. The van der Waals surface area contributed by atoms with Crippen LogP contribution in [0.3, 0.4) is 0 Å². The monoisotopic (exact) mass is 278 g/mol. The summed E-state index contributed by atoms with van der Waals surface area (Å²) >= 11 is 0. The molecule has 0 radical (unpaired) electrons. The van der Waals surface area contributed by atoms with Crippen LogP contribution in [0.1, 0.15) is 73.1 Å². The van der Waals surface area contributed by atoms with E-state index < -0.39 is 0 Å². The maximum Gasteiger partial charge on any atom is 0.306 e. The van der Waals surface area contributed by atoms with Gasteiger partial charge in [0.25, 0.3) is 0 Å². The van der Waals surface area contributed by atoms with Crippen molar-refractivity contribution in [2.75, 3.05) is 0 Å². The van der Waals surface area contributed by atoms with Crippen LogP contribution >= 0.6 is 0 Å². The predicted molar refractivity (Wildman–Crippen MR) is 82.4 cm³/mol. The average molecular weight is 278 g/mol. The fourth-order valence-electron chi connectivity index (χ4n) is 4.25. The third-order valence-electron chi connectivity index (χ3n) is 5.81. The van der Waals surface area contributed by atoms with E-state index >= 15 is 0 Å². The quantitative estimate of drug-likeness (QED) is 0.543. The molecule has 0 aromatic rings. The largest absolute Gasteiger partial charge is 0.459 e. The SMILES string of the molecule is CCC(=O)OC(C)(C)[C@@H]1CC[C@@]2(C)CCC=C(C)[C@@H]2C1. The fourth-order valence-corrected chi connectivity index (χ4v) is 4.25. The molecule has 0 unspecified atom stereocenters. The number of carbonyl (C=O) groups excluding carboxylic acids is 1. The molecule has 1 fully saturated rings. The summed E-state index contributed by atoms with van der Waals surface area (Å²) in [4.78, 5) is 11.6. The molecule has 1 saturated carbocycles. The maximum atomic E-state index is 11.6. The Labute approximate surface area is 124 Å². The van der Waals surface area contributed by atoms with E-state index in [4.69, 9.17) is 4.74 Å². The van der Waals surface area contributed by atoms with Crippen LogP contribution < -0.4 is 0 Å². The van der Waals surface area contributed by atoms with Gasteiger partial charge in [-0.25, -0.2) is 0 Å². The van der Waals surface area contributed by atoms with Gasteiger partial charge < -0.3 is 4.74 Å². The molecular formula is C18H30O2. The number of ether oxygens (including phenoxy) is 1. The van der Waals surface area contributed by atoms with E-state index in [0.29, 0.717) is 23.7 Å². The van der Waals surface area contributed by atoms with Crippen molar-refractivity contribution in [2.24, 2.45) is 17.3 Å². The van der Waals surface area contributed by atoms with Crippen LogP contribution in [0.5, 0.6) is 0 Å². The molecule has 2 heteroatoms. The topological polar surface area (TPSA) is 26.3 Å². The van der Waals surface area contributed by atoms with E-state index in [0.717, 1.165) is 0 Å². The number of carbonyl (C=O) groups is 1. The third kappa shape index (κ3) is 2.94. The lowest BCUT2D eigenvalue weighted by Crippen LogP contribution is -2.45. The standard InChI is InChI=1S/C18H30O2/c1-6-16(19)20-17(3,4)14-9-11-18(5)10-7-8-13(2)15(18)12-14/h8,14-15H,6-7,9-12H2,1-5H3/t14-,15+,18-/m1/s1. The van der Waals surface area contributed by atoms with E-state index in [1.54, 1.807) is 5.57 Å². The normalized spacial score (nSPS) is 34.1. The molecule has 0 spiro atoms. The van der Waals surface area contributed by atoms with Crippen molar-refractivity contribution < 1.29 is 9.53 Å². The minimum atomic E-state index is -0.327. The van der Waals surface area contributed by atoms with Crippen molar-refractivity contribution in [1.29, 1.82) is 0 Å². The smallest absolute Gasteiger partial charge is 0.306 e. The first-order valence-electron chi connectivity index (χ1n) is 8.17. The molecule has 2 aliphatic carbocycles. The van der Waals surface area contributed by atoms with Gasteiger partial charge >= 0.3 is 5.97 Å². The molecule has 3 atom stereocenters. The van der Waals surface area contributed by atoms with Gasteiger partial charge in [-0.05, 0) is 70.1 Å². The second-order valence-electron chi connectivity index (χ2n) is 7.60. The first-order chi connectivity index (χ1) is 9.28. The Morgan fingerprint density at radius 2 is 2.15 bits per heavy atom. The summed E-state index contributed by atoms with van der Waals surface area (Å²) in [6, 6.07) is 0. The van der Waals surface area contributed by atoms with Gasteiger partial charge in [0, 0.05) is 6.42 Å². The first kappa shape index (κ1) is 15.6. The molecule has 0 heterocycles. The first-order valence-corrected chi connectivity index (χ1v) is 8.17. The molecule has 0 aromatic heterocycles. The zero-order valence-electron chi connectivity index (χ0n) is 13.8. The van der Waals surface area contributed by atoms with Gasteiger partial charge in [0.1, 0.15) is 5.60 Å². The lowest BCUT2D eigenvalue weighted by Gasteiger charge is -2.50. The van der Waals surface area contributed by atoms with E-state index in [2.05, 4.69) is 33.8 Å². The van der Waals surface area contributed by atoms with Gasteiger partial charge in [-0.15, -0.1) is 0 Å². The van der Waals surface area contributed by atoms with Gasteiger partial charge in [-0.3, -0.25) is 4.79 Å². The maximum absolute atomic E-state index is 11.6. The Kier molecular flexibility index (Phi) is 4.32. The molecule has 2 rings (SSSR count). The van der Waals surface area contributed by atoms with Crippen molar-refractivity contribution in [1.82, 2.24) is 0 Å². The Morgan fingerprint density at radius 1 is 1.45 bits per heavy atom. The fraction of sp³-hybridized carbons (Fsp3) is 0.833. The Hall–Kier alpha value is -0.790. The zero-order valence-corrected chi connectivity index (χ0v) is 13.8. The van der Waals surface area contributed by atoms with Gasteiger partial charge in [0.15, 0.2) is 0 Å². The molecule has 2 nitrogen and oxygen atoms in total. The van der Waals surface area contributed by atoms with Crippen molar-refractivity contribution in [3.05, 3.63) is 11.6 Å². The molecule has 0 amide bonds. The van der Waals surface area contributed by atoms with Gasteiger partial charge in [-0.2, -0.15) is 0 Å². The molecule has 0 aromatic carbocycles. The lowest BCUT2D eigenvalue weighted by molar-refractivity contribution is -0.164. The zero-order chi connectivity index (χ0) is 15.0. The molecule has 0 bridgehead atoms. The van der Waals surface area contributed by atoms with Crippen molar-refractivity contribution in [3.8, 4) is 0 Å². The number of esters is 1. The Bertz CT molecular complexity index is 408. The van der Waals surface area contributed by atoms with Gasteiger partial charge in [0.2, 0.25) is 0 Å². The highest BCUT2D eigenvalue weighted by molar-refractivity contribution is 5.69. The highest BCUT2D eigenvalue weighted by Crippen LogP contribution is 2.54. The molecule has 2 aliphatic rings. The summed E-state index contributed by atoms with van der Waals surface area (Å²) in [5.41, 5.74) is 1.70. The van der Waals surface area contributed by atoms with Gasteiger partial charge in [-0.1, -0.05) is 25.5 Å². The molecule has 0 saturated heterocycles. The highest BCUT2D eigenvalue weighted by Gasteiger charge is 2.46. The van der Waals surface area contributed by atoms with Crippen LogP contribution in [-0.2, 0) is 9.53 Å². The summed E-state index contributed by atoms with van der Waals surface area (Å²) in [5, 5.41) is 0. The number of hydrogen-bond donors (Lipinski definition) is 0. The lowest BCUT2D eigenvalue weighted by atomic mass is 9.56. The van der Waals surface area contributed by atoms with Crippen LogP contribution in [-0.4, -0.2) is 11.6 Å². The Morgan fingerprint density at radius 3 is 2.80 bits per heavy atom. The van der Waals surface area contributed by atoms with Crippen molar-refractivity contribution in [2.45, 2.75) is 78.7 Å². The van der Waals surface area contributed by atoms with Crippen LogP contribution in [0.15, 0.2) is 11.6 Å². The van der Waals surface area contributed by atoms with Crippen LogP contribution in [0.25, 0.3) is 0 Å². The minimum absolute atomic E-state index is 0.0701. The summed E-state index contributed by atoms with van der Waals surface area (Å²) in [5.74, 6) is 1.09. The van der Waals surface area contributed by atoms with Crippen LogP contribution in [0, 0.1) is 17.3 Å². The third-order valence-corrected chi connectivity index (χ3v) is 5.81. The van der Waals surface area contributed by atoms with Crippen LogP contribution in [0.4, 0.5) is 0 Å².